The molecule has 1 saturated carbocycles. The Labute approximate surface area is 62.9 Å². The van der Waals surface area contributed by atoms with Crippen LogP contribution in [-0.4, -0.2) is 12.6 Å². The standard InChI is InChI=1S/C8H17NO/c1-4-10-9-7(2)8(3)5-6-8/h7,9H,4-6H2,1-3H3. The number of nitrogens with one attached hydrogen (secondary N) is 1. The first-order valence-corrected chi connectivity index (χ1v) is 4.06. The molecule has 0 aromatic heterocycles. The van der Waals surface area contributed by atoms with Gasteiger partial charge in [-0.2, -0.15) is 5.48 Å². The van der Waals surface area contributed by atoms with Gasteiger partial charge in [-0.3, -0.25) is 0 Å². The Hall–Kier alpha value is -0.0800. The molecule has 1 atom stereocenters. The van der Waals surface area contributed by atoms with Crippen LogP contribution in [-0.2, 0) is 4.84 Å². The van der Waals surface area contributed by atoms with Gasteiger partial charge < -0.3 is 4.84 Å². The maximum absolute atomic E-state index is 5.11. The molecule has 0 aromatic rings. The predicted molar refractivity (Wildman–Crippen MR) is 41.6 cm³/mol. The van der Waals surface area contributed by atoms with Crippen LogP contribution >= 0.6 is 0 Å². The largest absolute Gasteiger partial charge is 0.302 e. The SMILES string of the molecule is CCONC(C)C1(C)CC1. The van der Waals surface area contributed by atoms with Crippen molar-refractivity contribution in [3.05, 3.63) is 0 Å². The fraction of sp³-hybridized carbons (Fsp3) is 1.00. The predicted octanol–water partition coefficient (Wildman–Crippen LogP) is 1.72. The molecule has 0 spiro atoms. The molecule has 1 aliphatic carbocycles. The molecule has 1 aliphatic rings. The summed E-state index contributed by atoms with van der Waals surface area (Å²) in [5.41, 5.74) is 3.56. The van der Waals surface area contributed by atoms with Crippen LogP contribution in [0.3, 0.4) is 0 Å². The Morgan fingerprint density at radius 2 is 2.20 bits per heavy atom. The van der Waals surface area contributed by atoms with Gasteiger partial charge in [0.15, 0.2) is 0 Å². The van der Waals surface area contributed by atoms with Gasteiger partial charge in [-0.25, -0.2) is 0 Å². The number of hydrogen-bond donors (Lipinski definition) is 1. The van der Waals surface area contributed by atoms with E-state index in [4.69, 9.17) is 4.84 Å². The highest BCUT2D eigenvalue weighted by Gasteiger charge is 2.42. The molecule has 1 rings (SSSR count). The summed E-state index contributed by atoms with van der Waals surface area (Å²) in [6.07, 6.45) is 2.68. The van der Waals surface area contributed by atoms with Crippen molar-refractivity contribution >= 4 is 0 Å². The second kappa shape index (κ2) is 2.89. The fourth-order valence-corrected chi connectivity index (χ4v) is 0.981. The molecule has 0 bridgehead atoms. The zero-order valence-electron chi connectivity index (χ0n) is 7.11. The second-order valence-electron chi connectivity index (χ2n) is 3.43. The summed E-state index contributed by atoms with van der Waals surface area (Å²) >= 11 is 0. The molecule has 0 aliphatic heterocycles. The molecule has 1 N–H and O–H groups in total. The minimum atomic E-state index is 0.507. The van der Waals surface area contributed by atoms with Gasteiger partial charge in [-0.1, -0.05) is 6.92 Å². The third-order valence-electron chi connectivity index (χ3n) is 2.49. The average molecular weight is 143 g/mol. The van der Waals surface area contributed by atoms with E-state index in [9.17, 15) is 0 Å². The lowest BCUT2D eigenvalue weighted by Crippen LogP contribution is -2.33. The molecule has 0 radical (unpaired) electrons. The van der Waals surface area contributed by atoms with Crippen LogP contribution in [0.2, 0.25) is 0 Å². The summed E-state index contributed by atoms with van der Waals surface area (Å²) in [6, 6.07) is 0.507. The van der Waals surface area contributed by atoms with Gasteiger partial charge >= 0.3 is 0 Å². The van der Waals surface area contributed by atoms with Gasteiger partial charge in [-0.15, -0.1) is 0 Å². The topological polar surface area (TPSA) is 21.3 Å². The van der Waals surface area contributed by atoms with Crippen LogP contribution in [0.5, 0.6) is 0 Å². The van der Waals surface area contributed by atoms with Gasteiger partial charge in [0.25, 0.3) is 0 Å². The fourth-order valence-electron chi connectivity index (χ4n) is 0.981. The Bertz CT molecular complexity index is 110. The molecule has 0 amide bonds. The summed E-state index contributed by atoms with van der Waals surface area (Å²) < 4.78 is 0. The summed E-state index contributed by atoms with van der Waals surface area (Å²) in [7, 11) is 0. The van der Waals surface area contributed by atoms with Gasteiger partial charge in [-0.05, 0) is 32.1 Å². The average Bonchev–Trinajstić information content (AvgIpc) is 2.64. The van der Waals surface area contributed by atoms with Crippen molar-refractivity contribution < 1.29 is 4.84 Å². The monoisotopic (exact) mass is 143 g/mol. The molecule has 0 saturated heterocycles. The quantitative estimate of drug-likeness (QED) is 0.605. The van der Waals surface area contributed by atoms with E-state index in [0.29, 0.717) is 11.5 Å². The van der Waals surface area contributed by atoms with Gasteiger partial charge in [0.1, 0.15) is 0 Å². The van der Waals surface area contributed by atoms with Crippen LogP contribution in [0.4, 0.5) is 0 Å². The minimum Gasteiger partial charge on any atom is -0.302 e. The molecule has 60 valence electrons. The molecule has 1 unspecified atom stereocenters. The lowest BCUT2D eigenvalue weighted by atomic mass is 10.0. The lowest BCUT2D eigenvalue weighted by molar-refractivity contribution is 0.0121. The Kier molecular flexibility index (Phi) is 2.32. The second-order valence-corrected chi connectivity index (χ2v) is 3.43. The summed E-state index contributed by atoms with van der Waals surface area (Å²) in [5.74, 6) is 0. The maximum Gasteiger partial charge on any atom is 0.0654 e. The van der Waals surface area contributed by atoms with E-state index in [1.807, 2.05) is 6.92 Å². The van der Waals surface area contributed by atoms with E-state index >= 15 is 0 Å². The summed E-state index contributed by atoms with van der Waals surface area (Å²) in [5, 5.41) is 0. The zero-order chi connectivity index (χ0) is 7.61. The number of hydrogen-bond acceptors (Lipinski definition) is 2. The van der Waals surface area contributed by atoms with Crippen LogP contribution in [0.15, 0.2) is 0 Å². The van der Waals surface area contributed by atoms with E-state index in [1.165, 1.54) is 12.8 Å². The van der Waals surface area contributed by atoms with Crippen molar-refractivity contribution in [3.8, 4) is 0 Å². The first-order chi connectivity index (χ1) is 4.69. The van der Waals surface area contributed by atoms with Gasteiger partial charge in [0.05, 0.1) is 6.61 Å². The molecule has 2 heteroatoms. The number of rotatable bonds is 4. The Balaban J connectivity index is 2.15. The van der Waals surface area contributed by atoms with Gasteiger partial charge in [0.2, 0.25) is 0 Å². The van der Waals surface area contributed by atoms with E-state index < -0.39 is 0 Å². The van der Waals surface area contributed by atoms with E-state index in [1.54, 1.807) is 0 Å². The molecule has 0 heterocycles. The normalized spacial score (nSPS) is 24.3. The first-order valence-electron chi connectivity index (χ1n) is 4.06. The highest BCUT2D eigenvalue weighted by molar-refractivity contribution is 4.95. The van der Waals surface area contributed by atoms with Crippen LogP contribution in [0, 0.1) is 5.41 Å². The minimum absolute atomic E-state index is 0.507. The van der Waals surface area contributed by atoms with Crippen molar-refractivity contribution in [3.63, 3.8) is 0 Å². The van der Waals surface area contributed by atoms with E-state index in [2.05, 4.69) is 19.3 Å². The van der Waals surface area contributed by atoms with Crippen molar-refractivity contribution in [1.29, 1.82) is 0 Å². The number of hydroxylamine groups is 1. The van der Waals surface area contributed by atoms with E-state index in [0.717, 1.165) is 6.61 Å². The highest BCUT2D eigenvalue weighted by Crippen LogP contribution is 2.47. The smallest absolute Gasteiger partial charge is 0.0654 e. The molecular formula is C8H17NO. The Morgan fingerprint density at radius 3 is 2.60 bits per heavy atom. The molecule has 10 heavy (non-hydrogen) atoms. The first kappa shape index (κ1) is 8.02. The maximum atomic E-state index is 5.11. The van der Waals surface area contributed by atoms with Crippen LogP contribution in [0.25, 0.3) is 0 Å². The molecular weight excluding hydrogens is 126 g/mol. The van der Waals surface area contributed by atoms with Crippen molar-refractivity contribution in [2.75, 3.05) is 6.61 Å². The van der Waals surface area contributed by atoms with Crippen LogP contribution < -0.4 is 5.48 Å². The lowest BCUT2D eigenvalue weighted by Gasteiger charge is -2.18. The molecule has 1 fully saturated rings. The third kappa shape index (κ3) is 1.70. The van der Waals surface area contributed by atoms with Crippen LogP contribution in [0.1, 0.15) is 33.6 Å². The summed E-state index contributed by atoms with van der Waals surface area (Å²) in [4.78, 5) is 5.11. The summed E-state index contributed by atoms with van der Waals surface area (Å²) in [6.45, 7) is 7.22. The Morgan fingerprint density at radius 1 is 1.60 bits per heavy atom. The van der Waals surface area contributed by atoms with Gasteiger partial charge in [0, 0.05) is 6.04 Å². The van der Waals surface area contributed by atoms with E-state index in [-0.39, 0.29) is 0 Å². The molecule has 0 aromatic carbocycles. The zero-order valence-corrected chi connectivity index (χ0v) is 7.11. The third-order valence-corrected chi connectivity index (χ3v) is 2.49. The van der Waals surface area contributed by atoms with Crippen molar-refractivity contribution in [2.24, 2.45) is 5.41 Å². The molecule has 2 nitrogen and oxygen atoms in total. The highest BCUT2D eigenvalue weighted by atomic mass is 16.6. The van der Waals surface area contributed by atoms with Crippen molar-refractivity contribution in [2.45, 2.75) is 39.7 Å². The van der Waals surface area contributed by atoms with Crippen molar-refractivity contribution in [1.82, 2.24) is 5.48 Å².